The van der Waals surface area contributed by atoms with Gasteiger partial charge in [-0.2, -0.15) is 0 Å². The van der Waals surface area contributed by atoms with E-state index in [4.69, 9.17) is 4.42 Å². The van der Waals surface area contributed by atoms with Crippen LogP contribution in [0.25, 0.3) is 0 Å². The fraction of sp³-hybridized carbons (Fsp3) is 0.778. The first-order valence-electron chi connectivity index (χ1n) is 8.43. The lowest BCUT2D eigenvalue weighted by Crippen LogP contribution is -2.34. The fourth-order valence-corrected chi connectivity index (χ4v) is 2.98. The van der Waals surface area contributed by atoms with Crippen LogP contribution < -0.4 is 5.32 Å². The Balaban J connectivity index is 1.88. The molecule has 0 aliphatic carbocycles. The van der Waals surface area contributed by atoms with Gasteiger partial charge in [-0.25, -0.2) is 0 Å². The SMILES string of the molecule is CCC1CCN(Cc2cc(CNC(C)(C)C)oc2C)CC1. The molecule has 21 heavy (non-hydrogen) atoms. The lowest BCUT2D eigenvalue weighted by molar-refractivity contribution is 0.174. The molecule has 0 amide bonds. The lowest BCUT2D eigenvalue weighted by atomic mass is 9.94. The molecule has 3 heteroatoms. The molecule has 2 rings (SSSR count). The van der Waals surface area contributed by atoms with E-state index in [0.717, 1.165) is 30.5 Å². The average Bonchev–Trinajstić information content (AvgIpc) is 2.77. The molecule has 3 nitrogen and oxygen atoms in total. The smallest absolute Gasteiger partial charge is 0.118 e. The summed E-state index contributed by atoms with van der Waals surface area (Å²) in [4.78, 5) is 2.57. The van der Waals surface area contributed by atoms with Gasteiger partial charge < -0.3 is 9.73 Å². The van der Waals surface area contributed by atoms with Crippen molar-refractivity contribution in [2.45, 2.75) is 72.5 Å². The fourth-order valence-electron chi connectivity index (χ4n) is 2.98. The number of nitrogens with zero attached hydrogens (tertiary/aromatic N) is 1. The molecule has 0 atom stereocenters. The molecule has 0 saturated carbocycles. The summed E-state index contributed by atoms with van der Waals surface area (Å²) in [5.41, 5.74) is 1.48. The summed E-state index contributed by atoms with van der Waals surface area (Å²) in [6.45, 7) is 15.3. The summed E-state index contributed by atoms with van der Waals surface area (Å²) in [5.74, 6) is 3.08. The van der Waals surface area contributed by atoms with Gasteiger partial charge in [0.2, 0.25) is 0 Å². The van der Waals surface area contributed by atoms with Gasteiger partial charge in [-0.3, -0.25) is 4.90 Å². The molecule has 2 heterocycles. The highest BCUT2D eigenvalue weighted by Gasteiger charge is 2.19. The molecule has 0 unspecified atom stereocenters. The van der Waals surface area contributed by atoms with Crippen molar-refractivity contribution in [2.75, 3.05) is 13.1 Å². The van der Waals surface area contributed by atoms with Crippen LogP contribution in [0, 0.1) is 12.8 Å². The number of piperidine rings is 1. The van der Waals surface area contributed by atoms with Crippen molar-refractivity contribution in [3.05, 3.63) is 23.2 Å². The zero-order valence-electron chi connectivity index (χ0n) is 14.5. The van der Waals surface area contributed by atoms with E-state index < -0.39 is 0 Å². The minimum atomic E-state index is 0.128. The van der Waals surface area contributed by atoms with Crippen molar-refractivity contribution in [1.29, 1.82) is 0 Å². The number of furan rings is 1. The molecular weight excluding hydrogens is 260 g/mol. The normalized spacial score (nSPS) is 18.3. The third kappa shape index (κ3) is 5.15. The van der Waals surface area contributed by atoms with E-state index in [1.165, 1.54) is 37.9 Å². The molecule has 120 valence electrons. The zero-order valence-corrected chi connectivity index (χ0v) is 14.5. The quantitative estimate of drug-likeness (QED) is 0.885. The van der Waals surface area contributed by atoms with Crippen LogP contribution in [0.4, 0.5) is 0 Å². The second-order valence-corrected chi connectivity index (χ2v) is 7.53. The number of likely N-dealkylation sites (tertiary alicyclic amines) is 1. The highest BCUT2D eigenvalue weighted by molar-refractivity contribution is 5.21. The molecule has 1 aliphatic rings. The minimum absolute atomic E-state index is 0.128. The van der Waals surface area contributed by atoms with Gasteiger partial charge in [0.05, 0.1) is 6.54 Å². The van der Waals surface area contributed by atoms with Gasteiger partial charge in [0.15, 0.2) is 0 Å². The molecule has 1 saturated heterocycles. The van der Waals surface area contributed by atoms with Crippen LogP contribution >= 0.6 is 0 Å². The van der Waals surface area contributed by atoms with Crippen molar-refractivity contribution in [2.24, 2.45) is 5.92 Å². The van der Waals surface area contributed by atoms with E-state index in [2.05, 4.69) is 50.9 Å². The maximum absolute atomic E-state index is 5.90. The number of hydrogen-bond acceptors (Lipinski definition) is 3. The maximum atomic E-state index is 5.90. The van der Waals surface area contributed by atoms with E-state index in [0.29, 0.717) is 0 Å². The largest absolute Gasteiger partial charge is 0.465 e. The first-order valence-corrected chi connectivity index (χ1v) is 8.43. The number of hydrogen-bond donors (Lipinski definition) is 1. The monoisotopic (exact) mass is 292 g/mol. The Morgan fingerprint density at radius 2 is 1.95 bits per heavy atom. The summed E-state index contributed by atoms with van der Waals surface area (Å²) < 4.78 is 5.90. The van der Waals surface area contributed by atoms with Crippen LogP contribution in [-0.4, -0.2) is 23.5 Å². The summed E-state index contributed by atoms with van der Waals surface area (Å²) in [5, 5.41) is 3.49. The van der Waals surface area contributed by atoms with Crippen LogP contribution in [0.2, 0.25) is 0 Å². The van der Waals surface area contributed by atoms with E-state index >= 15 is 0 Å². The molecule has 0 bridgehead atoms. The predicted molar refractivity (Wildman–Crippen MR) is 88.3 cm³/mol. The Morgan fingerprint density at radius 1 is 1.29 bits per heavy atom. The molecular formula is C18H32N2O. The molecule has 0 spiro atoms. The Hall–Kier alpha value is -0.800. The molecule has 1 fully saturated rings. The molecule has 1 aliphatic heterocycles. The van der Waals surface area contributed by atoms with Crippen LogP contribution in [0.15, 0.2) is 10.5 Å². The highest BCUT2D eigenvalue weighted by Crippen LogP contribution is 2.23. The van der Waals surface area contributed by atoms with E-state index in [1.54, 1.807) is 0 Å². The number of nitrogens with one attached hydrogen (secondary N) is 1. The maximum Gasteiger partial charge on any atom is 0.118 e. The van der Waals surface area contributed by atoms with Crippen LogP contribution in [0.3, 0.4) is 0 Å². The van der Waals surface area contributed by atoms with E-state index in [9.17, 15) is 0 Å². The first kappa shape index (κ1) is 16.6. The van der Waals surface area contributed by atoms with Gasteiger partial charge in [-0.1, -0.05) is 13.3 Å². The Labute approximate surface area is 130 Å². The van der Waals surface area contributed by atoms with Gasteiger partial charge >= 0.3 is 0 Å². The second kappa shape index (κ2) is 6.97. The van der Waals surface area contributed by atoms with E-state index in [-0.39, 0.29) is 5.54 Å². The van der Waals surface area contributed by atoms with Crippen LogP contribution in [-0.2, 0) is 13.1 Å². The van der Waals surface area contributed by atoms with Gasteiger partial charge in [0.25, 0.3) is 0 Å². The molecule has 0 aromatic carbocycles. The molecule has 1 aromatic rings. The minimum Gasteiger partial charge on any atom is -0.465 e. The second-order valence-electron chi connectivity index (χ2n) is 7.53. The summed E-state index contributed by atoms with van der Waals surface area (Å²) >= 11 is 0. The van der Waals surface area contributed by atoms with Crippen LogP contribution in [0.1, 0.15) is 64.0 Å². The van der Waals surface area contributed by atoms with Crippen molar-refractivity contribution >= 4 is 0 Å². The van der Waals surface area contributed by atoms with Crippen LogP contribution in [0.5, 0.6) is 0 Å². The number of rotatable bonds is 5. The van der Waals surface area contributed by atoms with E-state index in [1.807, 2.05) is 0 Å². The third-order valence-electron chi connectivity index (χ3n) is 4.54. The molecule has 1 N–H and O–H groups in total. The predicted octanol–water partition coefficient (Wildman–Crippen LogP) is 4.10. The van der Waals surface area contributed by atoms with Crippen molar-refractivity contribution in [3.63, 3.8) is 0 Å². The Morgan fingerprint density at radius 3 is 2.52 bits per heavy atom. The van der Waals surface area contributed by atoms with Crippen molar-refractivity contribution in [1.82, 2.24) is 10.2 Å². The van der Waals surface area contributed by atoms with Gasteiger partial charge in [0.1, 0.15) is 11.5 Å². The summed E-state index contributed by atoms with van der Waals surface area (Å²) in [6, 6.07) is 2.24. The standard InChI is InChI=1S/C18H32N2O/c1-6-15-7-9-20(10-8-15)13-16-11-17(21-14(16)2)12-19-18(3,4)5/h11,15,19H,6-10,12-13H2,1-5H3. The zero-order chi connectivity index (χ0) is 15.5. The first-order chi connectivity index (χ1) is 9.87. The lowest BCUT2D eigenvalue weighted by Gasteiger charge is -2.31. The van der Waals surface area contributed by atoms with Gasteiger partial charge in [0, 0.05) is 17.6 Å². The number of aryl methyl sites for hydroxylation is 1. The van der Waals surface area contributed by atoms with Crippen molar-refractivity contribution in [3.8, 4) is 0 Å². The third-order valence-corrected chi connectivity index (χ3v) is 4.54. The topological polar surface area (TPSA) is 28.4 Å². The van der Waals surface area contributed by atoms with Gasteiger partial charge in [-0.05, 0) is 65.6 Å². The van der Waals surface area contributed by atoms with Gasteiger partial charge in [-0.15, -0.1) is 0 Å². The molecule has 0 radical (unpaired) electrons. The average molecular weight is 292 g/mol. The highest BCUT2D eigenvalue weighted by atomic mass is 16.3. The molecule has 1 aromatic heterocycles. The Kier molecular flexibility index (Phi) is 5.50. The summed E-state index contributed by atoms with van der Waals surface area (Å²) in [7, 11) is 0. The Bertz CT molecular complexity index is 437. The summed E-state index contributed by atoms with van der Waals surface area (Å²) in [6.07, 6.45) is 4.04. The van der Waals surface area contributed by atoms with Crippen molar-refractivity contribution < 1.29 is 4.42 Å².